The van der Waals surface area contributed by atoms with E-state index in [9.17, 15) is 0 Å². The van der Waals surface area contributed by atoms with Gasteiger partial charge in [0.15, 0.2) is 0 Å². The number of rotatable bonds is 2. The van der Waals surface area contributed by atoms with E-state index in [2.05, 4.69) is 44.7 Å². The number of isothiocyanates is 2. The van der Waals surface area contributed by atoms with Crippen molar-refractivity contribution in [2.75, 3.05) is 0 Å². The minimum absolute atomic E-state index is 0.391. The van der Waals surface area contributed by atoms with Crippen LogP contribution in [0.15, 0.2) is 34.3 Å². The van der Waals surface area contributed by atoms with Gasteiger partial charge in [0.1, 0.15) is 11.1 Å². The van der Waals surface area contributed by atoms with Gasteiger partial charge in [-0.2, -0.15) is 0 Å². The third-order valence-electron chi connectivity index (χ3n) is 2.09. The van der Waals surface area contributed by atoms with Crippen molar-refractivity contribution < 1.29 is 0 Å². The van der Waals surface area contributed by atoms with E-state index in [1.54, 1.807) is 0 Å². The van der Waals surface area contributed by atoms with Crippen LogP contribution in [0.5, 0.6) is 0 Å². The molecule has 0 spiro atoms. The maximum Gasteiger partial charge on any atom is 0.104 e. The van der Waals surface area contributed by atoms with Crippen molar-refractivity contribution in [2.45, 2.75) is 24.9 Å². The van der Waals surface area contributed by atoms with Crippen molar-refractivity contribution in [3.8, 4) is 0 Å². The van der Waals surface area contributed by atoms with Crippen LogP contribution in [0.1, 0.15) is 13.8 Å². The fourth-order valence-corrected chi connectivity index (χ4v) is 1.53. The molecule has 14 heavy (non-hydrogen) atoms. The highest BCUT2D eigenvalue weighted by Gasteiger charge is 2.26. The fourth-order valence-electron chi connectivity index (χ4n) is 1.13. The van der Waals surface area contributed by atoms with Crippen molar-refractivity contribution in [1.29, 1.82) is 0 Å². The zero-order chi connectivity index (χ0) is 10.7. The SMILES string of the molecule is CC1(N=C=S)C=CC(C)(N=C=S)C=C1. The molecule has 2 nitrogen and oxygen atoms in total. The first-order valence-corrected chi connectivity index (χ1v) is 4.94. The van der Waals surface area contributed by atoms with Gasteiger partial charge in [-0.3, -0.25) is 0 Å². The minimum Gasteiger partial charge on any atom is -0.218 e. The number of aliphatic imine (C=N–C) groups is 2. The molecule has 1 aliphatic rings. The number of hydrogen-bond acceptors (Lipinski definition) is 4. The predicted molar refractivity (Wildman–Crippen MR) is 65.1 cm³/mol. The second-order valence-corrected chi connectivity index (χ2v) is 3.89. The molecule has 0 amide bonds. The highest BCUT2D eigenvalue weighted by molar-refractivity contribution is 7.78. The van der Waals surface area contributed by atoms with Crippen molar-refractivity contribution in [3.63, 3.8) is 0 Å². The lowest BCUT2D eigenvalue weighted by molar-refractivity contribution is 0.657. The summed E-state index contributed by atoms with van der Waals surface area (Å²) in [5.41, 5.74) is -0.781. The molecule has 0 saturated carbocycles. The molecule has 0 aromatic rings. The van der Waals surface area contributed by atoms with Crippen LogP contribution in [0.4, 0.5) is 0 Å². The third-order valence-corrected chi connectivity index (χ3v) is 2.27. The average Bonchev–Trinajstić information content (AvgIpc) is 2.13. The normalized spacial score (nSPS) is 34.4. The summed E-state index contributed by atoms with van der Waals surface area (Å²) >= 11 is 9.15. The Labute approximate surface area is 94.1 Å². The Balaban J connectivity index is 2.99. The molecule has 0 radical (unpaired) electrons. The maximum atomic E-state index is 4.58. The van der Waals surface area contributed by atoms with Crippen molar-refractivity contribution in [1.82, 2.24) is 0 Å². The number of hydrogen-bond donors (Lipinski definition) is 0. The Bertz CT molecular complexity index is 333. The molecule has 0 bridgehead atoms. The Morgan fingerprint density at radius 2 is 1.14 bits per heavy atom. The van der Waals surface area contributed by atoms with Crippen LogP contribution < -0.4 is 0 Å². The monoisotopic (exact) mass is 222 g/mol. The Morgan fingerprint density at radius 1 is 0.857 bits per heavy atom. The Hall–Kier alpha value is -0.920. The summed E-state index contributed by atoms with van der Waals surface area (Å²) in [6, 6.07) is 0. The van der Waals surface area contributed by atoms with Gasteiger partial charge in [-0.1, -0.05) is 24.3 Å². The van der Waals surface area contributed by atoms with Crippen LogP contribution in [0, 0.1) is 0 Å². The summed E-state index contributed by atoms with van der Waals surface area (Å²) in [5, 5.41) is 4.75. The van der Waals surface area contributed by atoms with Gasteiger partial charge in [0.05, 0.1) is 10.3 Å². The van der Waals surface area contributed by atoms with E-state index >= 15 is 0 Å². The van der Waals surface area contributed by atoms with E-state index in [0.717, 1.165) is 0 Å². The highest BCUT2D eigenvalue weighted by Crippen LogP contribution is 2.26. The van der Waals surface area contributed by atoms with E-state index in [-0.39, 0.29) is 0 Å². The molecule has 0 atom stereocenters. The molecule has 0 fully saturated rings. The summed E-state index contributed by atoms with van der Waals surface area (Å²) in [7, 11) is 0. The van der Waals surface area contributed by atoms with Gasteiger partial charge in [0.25, 0.3) is 0 Å². The average molecular weight is 222 g/mol. The van der Waals surface area contributed by atoms with Crippen LogP contribution in [0.25, 0.3) is 0 Å². The molecule has 0 N–H and O–H groups in total. The second kappa shape index (κ2) is 4.07. The molecule has 1 rings (SSSR count). The van der Waals surface area contributed by atoms with Gasteiger partial charge >= 0.3 is 0 Å². The van der Waals surface area contributed by atoms with E-state index in [1.165, 1.54) is 0 Å². The topological polar surface area (TPSA) is 24.7 Å². The van der Waals surface area contributed by atoms with Crippen molar-refractivity contribution >= 4 is 34.8 Å². The van der Waals surface area contributed by atoms with Gasteiger partial charge in [0.2, 0.25) is 0 Å². The summed E-state index contributed by atoms with van der Waals surface area (Å²) in [5.74, 6) is 0. The van der Waals surface area contributed by atoms with Gasteiger partial charge < -0.3 is 0 Å². The molecular weight excluding hydrogens is 212 g/mol. The van der Waals surface area contributed by atoms with Crippen LogP contribution >= 0.6 is 24.4 Å². The summed E-state index contributed by atoms with van der Waals surface area (Å²) in [6.45, 7) is 3.89. The molecule has 72 valence electrons. The minimum atomic E-state index is -0.391. The van der Waals surface area contributed by atoms with E-state index < -0.39 is 11.1 Å². The summed E-state index contributed by atoms with van der Waals surface area (Å²) in [4.78, 5) is 8.09. The standard InChI is InChI=1S/C10H10N2S2/c1-9(11-7-13)3-5-10(2,6-4-9)12-8-14/h3-6H,1-2H3. The molecule has 0 heterocycles. The zero-order valence-corrected chi connectivity index (χ0v) is 9.65. The first kappa shape index (κ1) is 11.2. The Morgan fingerprint density at radius 3 is 1.36 bits per heavy atom. The Kier molecular flexibility index (Phi) is 3.25. The van der Waals surface area contributed by atoms with E-state index in [0.29, 0.717) is 0 Å². The lowest BCUT2D eigenvalue weighted by Crippen LogP contribution is -2.26. The second-order valence-electron chi connectivity index (χ2n) is 3.52. The fraction of sp³-hybridized carbons (Fsp3) is 0.400. The van der Waals surface area contributed by atoms with Crippen LogP contribution in [-0.2, 0) is 0 Å². The molecule has 0 aromatic heterocycles. The lowest BCUT2D eigenvalue weighted by atomic mass is 9.88. The van der Waals surface area contributed by atoms with Crippen molar-refractivity contribution in [3.05, 3.63) is 24.3 Å². The third kappa shape index (κ3) is 2.53. The lowest BCUT2D eigenvalue weighted by Gasteiger charge is -2.25. The smallest absolute Gasteiger partial charge is 0.104 e. The molecular formula is C10H10N2S2. The van der Waals surface area contributed by atoms with Crippen molar-refractivity contribution in [2.24, 2.45) is 9.98 Å². The molecule has 0 aliphatic heterocycles. The first-order valence-electron chi connectivity index (χ1n) is 4.12. The number of thiocarbonyl (C=S) groups is 2. The van der Waals surface area contributed by atoms with Gasteiger partial charge in [-0.25, -0.2) is 9.98 Å². The molecule has 0 saturated heterocycles. The van der Waals surface area contributed by atoms with Crippen LogP contribution in [0.2, 0.25) is 0 Å². The van der Waals surface area contributed by atoms with Gasteiger partial charge in [0, 0.05) is 0 Å². The van der Waals surface area contributed by atoms with Crippen LogP contribution in [-0.4, -0.2) is 21.4 Å². The maximum absolute atomic E-state index is 4.58. The molecule has 1 aliphatic carbocycles. The summed E-state index contributed by atoms with van der Waals surface area (Å²) in [6.07, 6.45) is 7.73. The number of nitrogens with zero attached hydrogens (tertiary/aromatic N) is 2. The predicted octanol–water partition coefficient (Wildman–Crippen LogP) is 2.84. The largest absolute Gasteiger partial charge is 0.218 e. The van der Waals surface area contributed by atoms with Crippen LogP contribution in [0.3, 0.4) is 0 Å². The zero-order valence-electron chi connectivity index (χ0n) is 8.02. The van der Waals surface area contributed by atoms with Gasteiger partial charge in [-0.15, -0.1) is 0 Å². The molecule has 0 unspecified atom stereocenters. The quantitative estimate of drug-likeness (QED) is 0.408. The highest BCUT2D eigenvalue weighted by atomic mass is 32.1. The van der Waals surface area contributed by atoms with E-state index in [4.69, 9.17) is 0 Å². The van der Waals surface area contributed by atoms with E-state index in [1.807, 2.05) is 38.2 Å². The first-order chi connectivity index (χ1) is 6.54. The summed E-state index contributed by atoms with van der Waals surface area (Å²) < 4.78 is 0. The molecule has 4 heteroatoms. The molecule has 0 aromatic carbocycles. The van der Waals surface area contributed by atoms with Gasteiger partial charge in [-0.05, 0) is 38.3 Å².